The fraction of sp³-hybridized carbons (Fsp3) is 0.375. The summed E-state index contributed by atoms with van der Waals surface area (Å²) in [5, 5.41) is 18.5. The highest BCUT2D eigenvalue weighted by atomic mass is 19.1. The molecule has 0 unspecified atom stereocenters. The number of rotatable bonds is 10. The number of fused-ring (bicyclic) bond motifs is 1. The number of halogens is 2. The molecule has 2 aliphatic heterocycles. The summed E-state index contributed by atoms with van der Waals surface area (Å²) in [6.07, 6.45) is 0.936. The molecule has 4 heterocycles. The van der Waals surface area contributed by atoms with Crippen molar-refractivity contribution in [2.24, 2.45) is 0 Å². The highest BCUT2D eigenvalue weighted by Crippen LogP contribution is 2.31. The van der Waals surface area contributed by atoms with E-state index in [1.54, 1.807) is 30.3 Å². The van der Waals surface area contributed by atoms with E-state index in [1.165, 1.54) is 18.2 Å². The van der Waals surface area contributed by atoms with Gasteiger partial charge < -0.3 is 24.0 Å². The van der Waals surface area contributed by atoms with Gasteiger partial charge in [0.2, 0.25) is 5.88 Å². The van der Waals surface area contributed by atoms with Crippen LogP contribution in [0.1, 0.15) is 46.7 Å². The van der Waals surface area contributed by atoms with E-state index >= 15 is 0 Å². The summed E-state index contributed by atoms with van der Waals surface area (Å²) in [6.45, 7) is 4.13. The molecule has 0 aliphatic carbocycles. The van der Waals surface area contributed by atoms with E-state index in [-0.39, 0.29) is 29.9 Å². The van der Waals surface area contributed by atoms with Gasteiger partial charge in [-0.2, -0.15) is 10.2 Å². The number of hydrogen-bond donors (Lipinski definition) is 1. The number of aromatic nitrogens is 3. The largest absolute Gasteiger partial charge is 0.478 e. The first kappa shape index (κ1) is 29.5. The number of imidazole rings is 1. The van der Waals surface area contributed by atoms with Gasteiger partial charge in [0.1, 0.15) is 30.7 Å². The minimum absolute atomic E-state index is 0.0228. The number of pyridine rings is 1. The van der Waals surface area contributed by atoms with E-state index in [9.17, 15) is 18.7 Å². The standard InChI is InChI=1S/C32H32F2N6O4/c1-20(31-36-27-8-7-22(32(41)42)14-28(27)40(31)18-25-9-12-43-25)39-11-10-38(17-24(39)15-33)29-3-2-4-30(37-29)44-19-23-6-5-21(16-35)13-26(23)34/h2-8,13-14,20,24-25H,9-12,15,17-19H2,1H3,(H,41,42)/t20-,24-,25-/m0/s1. The first-order valence-corrected chi connectivity index (χ1v) is 14.5. The van der Waals surface area contributed by atoms with Gasteiger partial charge in [0.05, 0.1) is 53.0 Å². The monoisotopic (exact) mass is 602 g/mol. The van der Waals surface area contributed by atoms with Crippen LogP contribution in [0.3, 0.4) is 0 Å². The molecular formula is C32H32F2N6O4. The Bertz CT molecular complexity index is 1720. The second kappa shape index (κ2) is 12.6. The number of aromatic carboxylic acids is 1. The van der Waals surface area contributed by atoms with Gasteiger partial charge in [-0.3, -0.25) is 4.90 Å². The molecule has 228 valence electrons. The molecule has 0 amide bonds. The van der Waals surface area contributed by atoms with Crippen LogP contribution in [0, 0.1) is 17.1 Å². The molecular weight excluding hydrogens is 570 g/mol. The lowest BCUT2D eigenvalue weighted by atomic mass is 10.1. The second-order valence-corrected chi connectivity index (χ2v) is 11.1. The number of anilines is 1. The number of benzene rings is 2. The highest BCUT2D eigenvalue weighted by Gasteiger charge is 2.34. The smallest absolute Gasteiger partial charge is 0.335 e. The maximum atomic E-state index is 14.6. The molecule has 6 rings (SSSR count). The quantitative estimate of drug-likeness (QED) is 0.275. The maximum absolute atomic E-state index is 14.6. The van der Waals surface area contributed by atoms with Crippen molar-refractivity contribution in [2.75, 3.05) is 37.8 Å². The predicted molar refractivity (Wildman–Crippen MR) is 158 cm³/mol. The van der Waals surface area contributed by atoms with Crippen molar-refractivity contribution in [3.05, 3.63) is 82.9 Å². The maximum Gasteiger partial charge on any atom is 0.335 e. The summed E-state index contributed by atoms with van der Waals surface area (Å²) < 4.78 is 42.4. The van der Waals surface area contributed by atoms with Crippen molar-refractivity contribution in [1.82, 2.24) is 19.4 Å². The normalized spacial score (nSPS) is 19.4. The van der Waals surface area contributed by atoms with Gasteiger partial charge in [0.25, 0.3) is 0 Å². The topological polar surface area (TPSA) is 117 Å². The van der Waals surface area contributed by atoms with Crippen molar-refractivity contribution in [2.45, 2.75) is 44.7 Å². The third-order valence-corrected chi connectivity index (χ3v) is 8.37. The lowest BCUT2D eigenvalue weighted by Gasteiger charge is -2.43. The molecule has 0 spiro atoms. The predicted octanol–water partition coefficient (Wildman–Crippen LogP) is 4.73. The molecule has 1 N–H and O–H groups in total. The lowest BCUT2D eigenvalue weighted by molar-refractivity contribution is -0.0595. The van der Waals surface area contributed by atoms with Gasteiger partial charge >= 0.3 is 5.97 Å². The Morgan fingerprint density at radius 1 is 1.20 bits per heavy atom. The van der Waals surface area contributed by atoms with Crippen LogP contribution in [-0.2, 0) is 17.9 Å². The fourth-order valence-electron chi connectivity index (χ4n) is 5.84. The number of hydrogen-bond acceptors (Lipinski definition) is 8. The number of nitriles is 1. The molecule has 2 aromatic carbocycles. The zero-order valence-corrected chi connectivity index (χ0v) is 24.2. The summed E-state index contributed by atoms with van der Waals surface area (Å²) in [5.74, 6) is 0.156. The van der Waals surface area contributed by atoms with Crippen molar-refractivity contribution in [3.8, 4) is 11.9 Å². The third-order valence-electron chi connectivity index (χ3n) is 8.37. The zero-order chi connectivity index (χ0) is 30.8. The van der Waals surface area contributed by atoms with Crippen LogP contribution in [0.15, 0.2) is 54.6 Å². The number of piperazine rings is 1. The minimum atomic E-state index is -1.01. The van der Waals surface area contributed by atoms with Crippen molar-refractivity contribution in [1.29, 1.82) is 5.26 Å². The summed E-state index contributed by atoms with van der Waals surface area (Å²) in [7, 11) is 0. The SMILES string of the molecule is C[C@@H](c1nc2ccc(C(=O)O)cc2n1C[C@@H]1CCO1)N1CCN(c2cccc(OCc3ccc(C#N)cc3F)n2)C[C@@H]1CF. The number of alkyl halides is 1. The molecule has 0 bridgehead atoms. The van der Waals surface area contributed by atoms with E-state index in [1.807, 2.05) is 28.5 Å². The van der Waals surface area contributed by atoms with Gasteiger partial charge in [-0.05, 0) is 49.7 Å². The Morgan fingerprint density at radius 3 is 2.75 bits per heavy atom. The summed E-state index contributed by atoms with van der Waals surface area (Å²) in [4.78, 5) is 25.3. The van der Waals surface area contributed by atoms with Crippen molar-refractivity contribution in [3.63, 3.8) is 0 Å². The zero-order valence-electron chi connectivity index (χ0n) is 24.2. The van der Waals surface area contributed by atoms with Crippen LogP contribution >= 0.6 is 0 Å². The molecule has 0 radical (unpaired) electrons. The first-order chi connectivity index (χ1) is 21.3. The Hall–Kier alpha value is -4.60. The van der Waals surface area contributed by atoms with Crippen molar-refractivity contribution >= 4 is 22.8 Å². The van der Waals surface area contributed by atoms with Crippen LogP contribution in [0.25, 0.3) is 11.0 Å². The van der Waals surface area contributed by atoms with Crippen LogP contribution in [0.2, 0.25) is 0 Å². The molecule has 2 aromatic heterocycles. The Labute approximate surface area is 253 Å². The first-order valence-electron chi connectivity index (χ1n) is 14.5. The Balaban J connectivity index is 1.18. The number of carbonyl (C=O) groups is 1. The number of ether oxygens (including phenoxy) is 2. The molecule has 0 saturated carbocycles. The molecule has 12 heteroatoms. The fourth-order valence-corrected chi connectivity index (χ4v) is 5.84. The third kappa shape index (κ3) is 5.93. The Morgan fingerprint density at radius 2 is 2.05 bits per heavy atom. The second-order valence-electron chi connectivity index (χ2n) is 11.1. The van der Waals surface area contributed by atoms with Crippen LogP contribution in [0.4, 0.5) is 14.6 Å². The molecule has 2 aliphatic rings. The van der Waals surface area contributed by atoms with E-state index in [4.69, 9.17) is 19.7 Å². The van der Waals surface area contributed by atoms with Crippen LogP contribution in [0.5, 0.6) is 5.88 Å². The molecule has 3 atom stereocenters. The van der Waals surface area contributed by atoms with Crippen LogP contribution in [-0.4, -0.2) is 75.6 Å². The molecule has 10 nitrogen and oxygen atoms in total. The van der Waals surface area contributed by atoms with Gasteiger partial charge in [-0.25, -0.2) is 18.6 Å². The summed E-state index contributed by atoms with van der Waals surface area (Å²) in [6, 6.07) is 15.7. The average molecular weight is 603 g/mol. The number of carboxylic acids is 1. The van der Waals surface area contributed by atoms with Gasteiger partial charge in [-0.15, -0.1) is 0 Å². The van der Waals surface area contributed by atoms with E-state index in [0.717, 1.165) is 17.8 Å². The summed E-state index contributed by atoms with van der Waals surface area (Å²) >= 11 is 0. The lowest BCUT2D eigenvalue weighted by Crippen LogP contribution is -2.55. The minimum Gasteiger partial charge on any atom is -0.478 e. The van der Waals surface area contributed by atoms with Gasteiger partial charge in [0.15, 0.2) is 0 Å². The molecule has 2 fully saturated rings. The molecule has 4 aromatic rings. The molecule has 44 heavy (non-hydrogen) atoms. The van der Waals surface area contributed by atoms with Crippen LogP contribution < -0.4 is 9.64 Å². The highest BCUT2D eigenvalue weighted by molar-refractivity contribution is 5.92. The molecule has 2 saturated heterocycles. The summed E-state index contributed by atoms with van der Waals surface area (Å²) in [5.41, 5.74) is 2.14. The number of nitrogens with zero attached hydrogens (tertiary/aromatic N) is 6. The van der Waals surface area contributed by atoms with E-state index < -0.39 is 24.5 Å². The van der Waals surface area contributed by atoms with E-state index in [0.29, 0.717) is 55.6 Å². The number of carboxylic acid groups (broad SMARTS) is 1. The van der Waals surface area contributed by atoms with E-state index in [2.05, 4.69) is 9.88 Å². The Kier molecular flexibility index (Phi) is 8.41. The van der Waals surface area contributed by atoms with Gasteiger partial charge in [-0.1, -0.05) is 12.1 Å². The van der Waals surface area contributed by atoms with Gasteiger partial charge in [0, 0.05) is 37.9 Å². The average Bonchev–Trinajstić information content (AvgIpc) is 3.39. The van der Waals surface area contributed by atoms with Crippen molar-refractivity contribution < 1.29 is 28.2 Å².